The van der Waals surface area contributed by atoms with Crippen molar-refractivity contribution in [2.24, 2.45) is 0 Å². The third kappa shape index (κ3) is 3.29. The summed E-state index contributed by atoms with van der Waals surface area (Å²) < 4.78 is 0. The summed E-state index contributed by atoms with van der Waals surface area (Å²) in [6.07, 6.45) is 2.34. The summed E-state index contributed by atoms with van der Waals surface area (Å²) in [5.41, 5.74) is 3.31. The molecule has 1 saturated heterocycles. The number of likely N-dealkylation sites (tertiary alicyclic amines) is 1. The monoisotopic (exact) mass is 346 g/mol. The molecule has 0 unspecified atom stereocenters. The third-order valence-corrected chi connectivity index (χ3v) is 5.43. The van der Waals surface area contributed by atoms with Crippen LogP contribution in [0.25, 0.3) is 22.3 Å². The highest BCUT2D eigenvalue weighted by molar-refractivity contribution is 5.91. The van der Waals surface area contributed by atoms with E-state index in [4.69, 9.17) is 9.97 Å². The van der Waals surface area contributed by atoms with E-state index in [2.05, 4.69) is 79.3 Å². The second-order valence-electron chi connectivity index (χ2n) is 7.40. The fourth-order valence-corrected chi connectivity index (χ4v) is 3.80. The van der Waals surface area contributed by atoms with Gasteiger partial charge in [-0.2, -0.15) is 0 Å². The molecule has 1 aliphatic rings. The number of anilines is 1. The molecule has 1 fully saturated rings. The summed E-state index contributed by atoms with van der Waals surface area (Å²) >= 11 is 0. The minimum atomic E-state index is 0.523. The molecule has 4 rings (SSSR count). The fourth-order valence-electron chi connectivity index (χ4n) is 3.80. The highest BCUT2D eigenvalue weighted by atomic mass is 15.2. The molecule has 2 heterocycles. The molecular formula is C22H26N4. The Balaban J connectivity index is 1.79. The first-order valence-corrected chi connectivity index (χ1v) is 9.37. The van der Waals surface area contributed by atoms with E-state index in [9.17, 15) is 0 Å². The van der Waals surface area contributed by atoms with Crippen molar-refractivity contribution in [2.75, 3.05) is 32.1 Å². The molecule has 0 amide bonds. The molecule has 134 valence electrons. The lowest BCUT2D eigenvalue weighted by atomic mass is 10.0. The molecule has 0 N–H and O–H groups in total. The average Bonchev–Trinajstić information content (AvgIpc) is 2.67. The largest absolute Gasteiger partial charge is 0.356 e. The Morgan fingerprint density at radius 1 is 1.00 bits per heavy atom. The van der Waals surface area contributed by atoms with Crippen LogP contribution in [0.5, 0.6) is 0 Å². The number of benzene rings is 2. The Morgan fingerprint density at radius 2 is 1.77 bits per heavy atom. The lowest BCUT2D eigenvalue weighted by Gasteiger charge is -2.36. The maximum atomic E-state index is 5.01. The van der Waals surface area contributed by atoms with Crippen LogP contribution in [0.3, 0.4) is 0 Å². The number of nitrogens with zero attached hydrogens (tertiary/aromatic N) is 4. The van der Waals surface area contributed by atoms with Crippen LogP contribution in [-0.4, -0.2) is 48.1 Å². The van der Waals surface area contributed by atoms with Crippen LogP contribution in [0.15, 0.2) is 48.5 Å². The van der Waals surface area contributed by atoms with Crippen LogP contribution in [0.4, 0.5) is 5.82 Å². The minimum Gasteiger partial charge on any atom is -0.356 e. The maximum Gasteiger partial charge on any atom is 0.162 e. The molecule has 4 nitrogen and oxygen atoms in total. The Bertz CT molecular complexity index is 913. The van der Waals surface area contributed by atoms with Crippen molar-refractivity contribution >= 4 is 16.7 Å². The average molecular weight is 346 g/mol. The van der Waals surface area contributed by atoms with Crippen molar-refractivity contribution in [1.82, 2.24) is 14.9 Å². The van der Waals surface area contributed by atoms with Crippen molar-refractivity contribution in [2.45, 2.75) is 25.8 Å². The van der Waals surface area contributed by atoms with Crippen LogP contribution in [-0.2, 0) is 0 Å². The smallest absolute Gasteiger partial charge is 0.162 e. The molecule has 0 saturated carbocycles. The lowest BCUT2D eigenvalue weighted by Crippen LogP contribution is -2.42. The molecular weight excluding hydrogens is 320 g/mol. The first-order chi connectivity index (χ1) is 12.6. The summed E-state index contributed by atoms with van der Waals surface area (Å²) in [5.74, 6) is 1.85. The minimum absolute atomic E-state index is 0.523. The highest BCUT2D eigenvalue weighted by Gasteiger charge is 2.23. The second-order valence-corrected chi connectivity index (χ2v) is 7.40. The zero-order valence-electron chi connectivity index (χ0n) is 15.8. The van der Waals surface area contributed by atoms with Crippen molar-refractivity contribution < 1.29 is 0 Å². The van der Waals surface area contributed by atoms with Gasteiger partial charge < -0.3 is 9.80 Å². The van der Waals surface area contributed by atoms with Gasteiger partial charge in [-0.05, 0) is 58.1 Å². The second kappa shape index (κ2) is 7.04. The molecule has 1 aliphatic heterocycles. The number of para-hydroxylation sites is 1. The van der Waals surface area contributed by atoms with Crippen LogP contribution >= 0.6 is 0 Å². The van der Waals surface area contributed by atoms with E-state index in [-0.39, 0.29) is 0 Å². The van der Waals surface area contributed by atoms with Gasteiger partial charge in [0.15, 0.2) is 5.82 Å². The maximum absolute atomic E-state index is 5.01. The highest BCUT2D eigenvalue weighted by Crippen LogP contribution is 2.30. The van der Waals surface area contributed by atoms with Gasteiger partial charge in [0.2, 0.25) is 0 Å². The fraction of sp³-hybridized carbons (Fsp3) is 0.364. The van der Waals surface area contributed by atoms with Crippen LogP contribution in [0.2, 0.25) is 0 Å². The predicted octanol–water partition coefficient (Wildman–Crippen LogP) is 4.14. The first-order valence-electron chi connectivity index (χ1n) is 9.37. The number of aryl methyl sites for hydroxylation is 1. The van der Waals surface area contributed by atoms with Crippen molar-refractivity contribution in [1.29, 1.82) is 0 Å². The molecule has 0 aliphatic carbocycles. The van der Waals surface area contributed by atoms with Gasteiger partial charge in [0.05, 0.1) is 5.52 Å². The van der Waals surface area contributed by atoms with Gasteiger partial charge in [-0.15, -0.1) is 0 Å². The number of hydrogen-bond donors (Lipinski definition) is 0. The van der Waals surface area contributed by atoms with Gasteiger partial charge in [0.25, 0.3) is 0 Å². The van der Waals surface area contributed by atoms with Crippen molar-refractivity contribution in [3.63, 3.8) is 0 Å². The van der Waals surface area contributed by atoms with Crippen LogP contribution < -0.4 is 4.90 Å². The zero-order chi connectivity index (χ0) is 18.1. The summed E-state index contributed by atoms with van der Waals surface area (Å²) in [6, 6.07) is 17.3. The third-order valence-electron chi connectivity index (χ3n) is 5.43. The van der Waals surface area contributed by atoms with E-state index >= 15 is 0 Å². The standard InChI is InChI=1S/C22H26N4/c1-16-7-6-8-17(15-16)21-23-20-10-5-4-9-19(20)22(24-21)26(3)18-11-13-25(2)14-12-18/h4-10,15,18H,11-14H2,1-3H3. The Morgan fingerprint density at radius 3 is 2.54 bits per heavy atom. The molecule has 0 bridgehead atoms. The Labute approximate surface area is 155 Å². The van der Waals surface area contributed by atoms with E-state index in [0.717, 1.165) is 41.2 Å². The number of fused-ring (bicyclic) bond motifs is 1. The Hall–Kier alpha value is -2.46. The van der Waals surface area contributed by atoms with Crippen LogP contribution in [0, 0.1) is 6.92 Å². The zero-order valence-corrected chi connectivity index (χ0v) is 15.8. The molecule has 0 radical (unpaired) electrons. The summed E-state index contributed by atoms with van der Waals surface area (Å²) in [6.45, 7) is 4.39. The number of piperidine rings is 1. The van der Waals surface area contributed by atoms with Crippen molar-refractivity contribution in [3.8, 4) is 11.4 Å². The van der Waals surface area contributed by atoms with Gasteiger partial charge in [0.1, 0.15) is 5.82 Å². The van der Waals surface area contributed by atoms with Gasteiger partial charge in [-0.1, -0.05) is 35.9 Å². The molecule has 26 heavy (non-hydrogen) atoms. The summed E-state index contributed by atoms with van der Waals surface area (Å²) in [5, 5.41) is 1.13. The Kier molecular flexibility index (Phi) is 4.60. The number of hydrogen-bond acceptors (Lipinski definition) is 4. The molecule has 2 aromatic carbocycles. The van der Waals surface area contributed by atoms with Gasteiger partial charge >= 0.3 is 0 Å². The quantitative estimate of drug-likeness (QED) is 0.714. The molecule has 3 aromatic rings. The predicted molar refractivity (Wildman–Crippen MR) is 109 cm³/mol. The van der Waals surface area contributed by atoms with Gasteiger partial charge in [-0.3, -0.25) is 0 Å². The molecule has 1 aromatic heterocycles. The normalized spacial score (nSPS) is 16.1. The van der Waals surface area contributed by atoms with E-state index in [1.807, 2.05) is 0 Å². The van der Waals surface area contributed by atoms with E-state index in [1.54, 1.807) is 0 Å². The number of rotatable bonds is 3. The SMILES string of the molecule is Cc1cccc(-c2nc(N(C)C3CCN(C)CC3)c3ccccc3n2)c1. The summed E-state index contributed by atoms with van der Waals surface area (Å²) in [4.78, 5) is 14.6. The van der Waals surface area contributed by atoms with Gasteiger partial charge in [-0.25, -0.2) is 9.97 Å². The number of aromatic nitrogens is 2. The molecule has 0 atom stereocenters. The lowest BCUT2D eigenvalue weighted by molar-refractivity contribution is 0.252. The molecule has 4 heteroatoms. The van der Waals surface area contributed by atoms with E-state index in [0.29, 0.717) is 6.04 Å². The van der Waals surface area contributed by atoms with Crippen molar-refractivity contribution in [3.05, 3.63) is 54.1 Å². The van der Waals surface area contributed by atoms with Crippen LogP contribution in [0.1, 0.15) is 18.4 Å². The molecule has 0 spiro atoms. The van der Waals surface area contributed by atoms with E-state index < -0.39 is 0 Å². The van der Waals surface area contributed by atoms with Gasteiger partial charge in [0, 0.05) is 24.0 Å². The first kappa shape index (κ1) is 17.0. The topological polar surface area (TPSA) is 32.3 Å². The van der Waals surface area contributed by atoms with E-state index in [1.165, 1.54) is 18.4 Å². The summed E-state index contributed by atoms with van der Waals surface area (Å²) in [7, 11) is 4.39.